The first-order valence-electron chi connectivity index (χ1n) is 7.27. The van der Waals surface area contributed by atoms with Crippen LogP contribution in [0.1, 0.15) is 33.6 Å². The van der Waals surface area contributed by atoms with Gasteiger partial charge in [-0.2, -0.15) is 0 Å². The fourth-order valence-electron chi connectivity index (χ4n) is 2.98. The monoisotopic (exact) mass is 297 g/mol. The van der Waals surface area contributed by atoms with Gasteiger partial charge in [-0.1, -0.05) is 0 Å². The summed E-state index contributed by atoms with van der Waals surface area (Å²) in [5.74, 6) is -1.06. The first kappa shape index (κ1) is 15.6. The third-order valence-corrected chi connectivity index (χ3v) is 4.57. The van der Waals surface area contributed by atoms with Gasteiger partial charge in [-0.05, 0) is 33.6 Å². The molecule has 0 aromatic carbocycles. The van der Waals surface area contributed by atoms with Crippen molar-refractivity contribution < 1.29 is 19.5 Å². The highest BCUT2D eigenvalue weighted by Crippen LogP contribution is 2.31. The molecule has 0 spiro atoms. The van der Waals surface area contributed by atoms with Crippen LogP contribution < -0.4 is 5.32 Å². The maximum atomic E-state index is 12.7. The average molecular weight is 297 g/mol. The molecule has 2 aliphatic rings. The van der Waals surface area contributed by atoms with Crippen molar-refractivity contribution >= 4 is 17.9 Å². The zero-order valence-corrected chi connectivity index (χ0v) is 12.8. The second-order valence-electron chi connectivity index (χ2n) is 6.64. The van der Waals surface area contributed by atoms with Gasteiger partial charge in [-0.3, -0.25) is 9.59 Å². The summed E-state index contributed by atoms with van der Waals surface area (Å²) in [6.07, 6.45) is 1.23. The number of aliphatic carboxylic acids is 1. The Morgan fingerprint density at radius 3 is 2.52 bits per heavy atom. The van der Waals surface area contributed by atoms with Gasteiger partial charge >= 0.3 is 12.0 Å². The van der Waals surface area contributed by atoms with Crippen LogP contribution in [0.4, 0.5) is 4.79 Å². The summed E-state index contributed by atoms with van der Waals surface area (Å²) in [6, 6.07) is -0.248. The Labute approximate surface area is 124 Å². The molecule has 2 aliphatic heterocycles. The summed E-state index contributed by atoms with van der Waals surface area (Å²) in [5.41, 5.74) is -1.82. The van der Waals surface area contributed by atoms with Crippen molar-refractivity contribution in [2.24, 2.45) is 5.41 Å². The van der Waals surface area contributed by atoms with E-state index in [9.17, 15) is 19.5 Å². The Morgan fingerprint density at radius 2 is 1.90 bits per heavy atom. The molecule has 21 heavy (non-hydrogen) atoms. The lowest BCUT2D eigenvalue weighted by Crippen LogP contribution is -2.66. The Balaban J connectivity index is 2.16. The van der Waals surface area contributed by atoms with Crippen LogP contribution in [0.25, 0.3) is 0 Å². The molecule has 0 aromatic heterocycles. The van der Waals surface area contributed by atoms with Gasteiger partial charge < -0.3 is 20.2 Å². The molecule has 1 unspecified atom stereocenters. The normalized spacial score (nSPS) is 29.0. The molecule has 2 saturated heterocycles. The van der Waals surface area contributed by atoms with E-state index in [4.69, 9.17) is 0 Å². The molecule has 0 radical (unpaired) electrons. The standard InChI is InChI=1S/C14H23N3O4/c1-13(2)10(18)15-6-8-17(13)12(21)16-7-4-5-14(3,9-16)11(19)20/h4-9H2,1-3H3,(H,15,18)(H,19,20). The van der Waals surface area contributed by atoms with Crippen LogP contribution in [0, 0.1) is 5.41 Å². The van der Waals surface area contributed by atoms with Crippen LogP contribution in [0.15, 0.2) is 0 Å². The molecule has 7 nitrogen and oxygen atoms in total. The smallest absolute Gasteiger partial charge is 0.320 e. The molecule has 3 amide bonds. The summed E-state index contributed by atoms with van der Waals surface area (Å²) >= 11 is 0. The number of piperidine rings is 1. The van der Waals surface area contributed by atoms with E-state index in [1.807, 2.05) is 0 Å². The minimum atomic E-state index is -0.910. The highest BCUT2D eigenvalue weighted by Gasteiger charge is 2.45. The van der Waals surface area contributed by atoms with Crippen molar-refractivity contribution in [2.75, 3.05) is 26.2 Å². The average Bonchev–Trinajstić information content (AvgIpc) is 2.41. The number of carbonyl (C=O) groups is 3. The molecule has 2 heterocycles. The number of nitrogens with one attached hydrogen (secondary N) is 1. The molecule has 2 N–H and O–H groups in total. The Bertz CT molecular complexity index is 477. The third kappa shape index (κ3) is 2.69. The number of nitrogens with zero attached hydrogens (tertiary/aromatic N) is 2. The summed E-state index contributed by atoms with van der Waals surface area (Å²) in [4.78, 5) is 39.1. The molecule has 0 aliphatic carbocycles. The molecule has 2 rings (SSSR count). The van der Waals surface area contributed by atoms with E-state index < -0.39 is 16.9 Å². The number of hydrogen-bond donors (Lipinski definition) is 2. The number of likely N-dealkylation sites (tertiary alicyclic amines) is 1. The van der Waals surface area contributed by atoms with Gasteiger partial charge in [0.1, 0.15) is 5.54 Å². The fourth-order valence-corrected chi connectivity index (χ4v) is 2.98. The van der Waals surface area contributed by atoms with Gasteiger partial charge in [0.25, 0.3) is 0 Å². The van der Waals surface area contributed by atoms with Crippen molar-refractivity contribution in [3.63, 3.8) is 0 Å². The highest BCUT2D eigenvalue weighted by molar-refractivity contribution is 5.91. The van der Waals surface area contributed by atoms with E-state index in [0.717, 1.165) is 0 Å². The molecule has 1 atom stereocenters. The topological polar surface area (TPSA) is 89.9 Å². The minimum Gasteiger partial charge on any atom is -0.481 e. The number of amides is 3. The Morgan fingerprint density at radius 1 is 1.24 bits per heavy atom. The number of urea groups is 1. The number of hydrogen-bond acceptors (Lipinski definition) is 3. The first-order chi connectivity index (χ1) is 9.68. The number of carbonyl (C=O) groups excluding carboxylic acids is 2. The van der Waals surface area contributed by atoms with Crippen LogP contribution in [0.5, 0.6) is 0 Å². The summed E-state index contributed by atoms with van der Waals surface area (Å²) in [6.45, 7) is 6.68. The Kier molecular flexibility index (Phi) is 3.86. The number of rotatable bonds is 1. The molecular weight excluding hydrogens is 274 g/mol. The Hall–Kier alpha value is -1.79. The quantitative estimate of drug-likeness (QED) is 0.737. The zero-order valence-electron chi connectivity index (χ0n) is 12.8. The lowest BCUT2D eigenvalue weighted by atomic mass is 9.82. The largest absolute Gasteiger partial charge is 0.481 e. The fraction of sp³-hybridized carbons (Fsp3) is 0.786. The minimum absolute atomic E-state index is 0.180. The van der Waals surface area contributed by atoms with Crippen LogP contribution in [-0.2, 0) is 9.59 Å². The maximum Gasteiger partial charge on any atom is 0.320 e. The summed E-state index contributed by atoms with van der Waals surface area (Å²) < 4.78 is 0. The van der Waals surface area contributed by atoms with E-state index in [-0.39, 0.29) is 18.5 Å². The SMILES string of the molecule is CC1(C(=O)O)CCCN(C(=O)N2CCNC(=O)C2(C)C)C1. The van der Waals surface area contributed by atoms with Crippen LogP contribution in [-0.4, -0.2) is 64.5 Å². The summed E-state index contributed by atoms with van der Waals surface area (Å²) in [7, 11) is 0. The van der Waals surface area contributed by atoms with Crippen molar-refractivity contribution in [2.45, 2.75) is 39.2 Å². The second-order valence-corrected chi connectivity index (χ2v) is 6.64. The predicted octanol–water partition coefficient (Wildman–Crippen LogP) is 0.504. The number of carboxylic acids is 1. The number of piperazine rings is 1. The molecule has 0 aromatic rings. The van der Waals surface area contributed by atoms with Crippen molar-refractivity contribution in [3.8, 4) is 0 Å². The van der Waals surface area contributed by atoms with E-state index in [0.29, 0.717) is 32.5 Å². The first-order valence-corrected chi connectivity index (χ1v) is 7.27. The van der Waals surface area contributed by atoms with Gasteiger partial charge in [-0.25, -0.2) is 4.79 Å². The third-order valence-electron chi connectivity index (χ3n) is 4.57. The van der Waals surface area contributed by atoms with E-state index in [1.165, 1.54) is 0 Å². The lowest BCUT2D eigenvalue weighted by Gasteiger charge is -2.46. The van der Waals surface area contributed by atoms with Crippen molar-refractivity contribution in [1.29, 1.82) is 0 Å². The van der Waals surface area contributed by atoms with Gasteiger partial charge in [-0.15, -0.1) is 0 Å². The molecule has 7 heteroatoms. The van der Waals surface area contributed by atoms with Crippen molar-refractivity contribution in [3.05, 3.63) is 0 Å². The molecular formula is C14H23N3O4. The summed E-state index contributed by atoms with van der Waals surface area (Å²) in [5, 5.41) is 12.1. The van der Waals surface area contributed by atoms with Gasteiger partial charge in [0.15, 0.2) is 0 Å². The lowest BCUT2D eigenvalue weighted by molar-refractivity contribution is -0.150. The maximum absolute atomic E-state index is 12.7. The zero-order chi connectivity index (χ0) is 15.8. The second kappa shape index (κ2) is 5.20. The van der Waals surface area contributed by atoms with E-state index in [2.05, 4.69) is 5.32 Å². The molecule has 2 fully saturated rings. The van der Waals surface area contributed by atoms with Crippen LogP contribution >= 0.6 is 0 Å². The van der Waals surface area contributed by atoms with Gasteiger partial charge in [0, 0.05) is 26.2 Å². The molecule has 118 valence electrons. The van der Waals surface area contributed by atoms with Crippen molar-refractivity contribution in [1.82, 2.24) is 15.1 Å². The number of carboxylic acid groups (broad SMARTS) is 1. The van der Waals surface area contributed by atoms with Crippen LogP contribution in [0.2, 0.25) is 0 Å². The molecule has 0 saturated carbocycles. The highest BCUT2D eigenvalue weighted by atomic mass is 16.4. The van der Waals surface area contributed by atoms with E-state index in [1.54, 1.807) is 30.6 Å². The predicted molar refractivity (Wildman–Crippen MR) is 75.7 cm³/mol. The van der Waals surface area contributed by atoms with Gasteiger partial charge in [0.2, 0.25) is 5.91 Å². The van der Waals surface area contributed by atoms with Crippen LogP contribution in [0.3, 0.4) is 0 Å². The molecule has 0 bridgehead atoms. The van der Waals surface area contributed by atoms with Gasteiger partial charge in [0.05, 0.1) is 5.41 Å². The van der Waals surface area contributed by atoms with E-state index >= 15 is 0 Å².